The minimum Gasteiger partial charge on any atom is -0.507 e. The summed E-state index contributed by atoms with van der Waals surface area (Å²) in [5, 5.41) is 28.2. The number of hydrogen-bond acceptors (Lipinski definition) is 3. The highest BCUT2D eigenvalue weighted by atomic mass is 16.4. The first-order valence-electron chi connectivity index (χ1n) is 6.16. The number of hydrogen-bond donors (Lipinski definition) is 3. The molecule has 1 aromatic carbocycles. The molecule has 4 nitrogen and oxygen atoms in total. The van der Waals surface area contributed by atoms with Crippen molar-refractivity contribution in [2.24, 2.45) is 0 Å². The Balaban J connectivity index is 2.85. The number of carbonyl (C=O) groups is 1. The highest BCUT2D eigenvalue weighted by Crippen LogP contribution is 2.27. The number of allylic oxidation sites excluding steroid dienone is 2. The van der Waals surface area contributed by atoms with Gasteiger partial charge in [-0.05, 0) is 51.3 Å². The molecule has 0 atom stereocenters. The normalized spacial score (nSPS) is 12.5. The van der Waals surface area contributed by atoms with E-state index < -0.39 is 11.6 Å². The van der Waals surface area contributed by atoms with Gasteiger partial charge >= 0.3 is 5.97 Å². The minimum atomic E-state index is -1.06. The average molecular weight is 264 g/mol. The summed E-state index contributed by atoms with van der Waals surface area (Å²) in [6.45, 7) is 5.34. The second-order valence-corrected chi connectivity index (χ2v) is 5.28. The van der Waals surface area contributed by atoms with Crippen LogP contribution in [0.15, 0.2) is 24.3 Å². The van der Waals surface area contributed by atoms with E-state index in [1.54, 1.807) is 19.9 Å². The Morgan fingerprint density at radius 1 is 1.37 bits per heavy atom. The van der Waals surface area contributed by atoms with Crippen molar-refractivity contribution in [1.29, 1.82) is 0 Å². The largest absolute Gasteiger partial charge is 0.507 e. The van der Waals surface area contributed by atoms with Crippen molar-refractivity contribution in [2.75, 3.05) is 0 Å². The molecule has 1 rings (SSSR count). The van der Waals surface area contributed by atoms with Crippen LogP contribution in [0.3, 0.4) is 0 Å². The number of phenols is 1. The zero-order valence-corrected chi connectivity index (χ0v) is 11.5. The van der Waals surface area contributed by atoms with Crippen LogP contribution < -0.4 is 0 Å². The molecule has 0 aliphatic carbocycles. The lowest BCUT2D eigenvalue weighted by molar-refractivity contribution is 0.0694. The van der Waals surface area contributed by atoms with E-state index in [2.05, 4.69) is 0 Å². The van der Waals surface area contributed by atoms with Crippen molar-refractivity contribution < 1.29 is 20.1 Å². The first-order chi connectivity index (χ1) is 8.70. The van der Waals surface area contributed by atoms with Crippen molar-refractivity contribution >= 4 is 11.5 Å². The quantitative estimate of drug-likeness (QED) is 0.763. The minimum absolute atomic E-state index is 0.0445. The van der Waals surface area contributed by atoms with Crippen LogP contribution in [0.2, 0.25) is 0 Å². The summed E-state index contributed by atoms with van der Waals surface area (Å²) in [6, 6.07) is 4.30. The lowest BCUT2D eigenvalue weighted by atomic mass is 9.99. The maximum Gasteiger partial charge on any atom is 0.335 e. The lowest BCUT2D eigenvalue weighted by Crippen LogP contribution is -2.17. The van der Waals surface area contributed by atoms with E-state index in [1.165, 1.54) is 12.1 Å². The standard InChI is InChI=1S/C15H20O4/c1-10(5-4-8-15(2,3)19)12-7-6-11(14(17)18)9-13(12)16/h5-7,9,16,19H,4,8H2,1-3H3,(H,17,18)/b10-5+. The van der Waals surface area contributed by atoms with Crippen molar-refractivity contribution in [3.05, 3.63) is 35.4 Å². The summed E-state index contributed by atoms with van der Waals surface area (Å²) in [7, 11) is 0. The predicted molar refractivity (Wildman–Crippen MR) is 74.2 cm³/mol. The molecule has 19 heavy (non-hydrogen) atoms. The van der Waals surface area contributed by atoms with Gasteiger partial charge in [-0.2, -0.15) is 0 Å². The molecule has 0 fully saturated rings. The van der Waals surface area contributed by atoms with Crippen molar-refractivity contribution in [3.8, 4) is 5.75 Å². The molecule has 0 bridgehead atoms. The Kier molecular flexibility index (Phi) is 4.72. The van der Waals surface area contributed by atoms with Gasteiger partial charge in [-0.1, -0.05) is 12.1 Å². The SMILES string of the molecule is C/C(=C\CCC(C)(C)O)c1ccc(C(=O)O)cc1O. The van der Waals surface area contributed by atoms with E-state index in [1.807, 2.05) is 13.0 Å². The van der Waals surface area contributed by atoms with E-state index in [4.69, 9.17) is 5.11 Å². The Hall–Kier alpha value is -1.81. The summed E-state index contributed by atoms with van der Waals surface area (Å²) in [6.07, 6.45) is 3.24. The molecule has 0 saturated heterocycles. The van der Waals surface area contributed by atoms with Crippen LogP contribution >= 0.6 is 0 Å². The first-order valence-corrected chi connectivity index (χ1v) is 6.16. The monoisotopic (exact) mass is 264 g/mol. The Morgan fingerprint density at radius 2 is 2.00 bits per heavy atom. The van der Waals surface area contributed by atoms with Gasteiger partial charge in [0.2, 0.25) is 0 Å². The summed E-state index contributed by atoms with van der Waals surface area (Å²) in [5.74, 6) is -1.11. The Morgan fingerprint density at radius 3 is 2.47 bits per heavy atom. The maximum atomic E-state index is 10.8. The van der Waals surface area contributed by atoms with Crippen LogP contribution in [-0.4, -0.2) is 26.9 Å². The van der Waals surface area contributed by atoms with Gasteiger partial charge in [0.15, 0.2) is 0 Å². The van der Waals surface area contributed by atoms with Crippen molar-refractivity contribution in [1.82, 2.24) is 0 Å². The molecule has 0 aromatic heterocycles. The lowest BCUT2D eigenvalue weighted by Gasteiger charge is -2.15. The van der Waals surface area contributed by atoms with Crippen LogP contribution in [0.4, 0.5) is 0 Å². The van der Waals surface area contributed by atoms with Gasteiger partial charge in [0.25, 0.3) is 0 Å². The van der Waals surface area contributed by atoms with Crippen LogP contribution in [0.5, 0.6) is 5.75 Å². The fourth-order valence-corrected chi connectivity index (χ4v) is 1.75. The number of rotatable bonds is 5. The molecule has 0 saturated carbocycles. The molecule has 0 unspecified atom stereocenters. The highest BCUT2D eigenvalue weighted by Gasteiger charge is 2.12. The predicted octanol–water partition coefficient (Wildman–Crippen LogP) is 3.04. The molecule has 0 spiro atoms. The van der Waals surface area contributed by atoms with Crippen molar-refractivity contribution in [2.45, 2.75) is 39.2 Å². The summed E-state index contributed by atoms with van der Waals surface area (Å²) >= 11 is 0. The summed E-state index contributed by atoms with van der Waals surface area (Å²) in [5.41, 5.74) is 0.816. The number of aromatic carboxylic acids is 1. The molecule has 4 heteroatoms. The number of carboxylic acid groups (broad SMARTS) is 1. The van der Waals surface area contributed by atoms with Gasteiger partial charge in [-0.3, -0.25) is 0 Å². The molecular formula is C15H20O4. The van der Waals surface area contributed by atoms with E-state index >= 15 is 0 Å². The highest BCUT2D eigenvalue weighted by molar-refractivity contribution is 5.89. The van der Waals surface area contributed by atoms with Crippen LogP contribution in [0, 0.1) is 0 Å². The molecular weight excluding hydrogens is 244 g/mol. The third-order valence-electron chi connectivity index (χ3n) is 2.88. The third kappa shape index (κ3) is 4.75. The Bertz CT molecular complexity index is 495. The first kappa shape index (κ1) is 15.2. The van der Waals surface area contributed by atoms with Gasteiger partial charge in [0.05, 0.1) is 11.2 Å². The average Bonchev–Trinajstić information content (AvgIpc) is 2.26. The zero-order valence-electron chi connectivity index (χ0n) is 11.5. The maximum absolute atomic E-state index is 10.8. The van der Waals surface area contributed by atoms with Gasteiger partial charge in [0, 0.05) is 5.56 Å². The molecule has 3 N–H and O–H groups in total. The number of phenolic OH excluding ortho intramolecular Hbond substituents is 1. The van der Waals surface area contributed by atoms with E-state index in [0.29, 0.717) is 18.4 Å². The van der Waals surface area contributed by atoms with Crippen LogP contribution in [0.25, 0.3) is 5.57 Å². The van der Waals surface area contributed by atoms with Crippen LogP contribution in [0.1, 0.15) is 49.5 Å². The van der Waals surface area contributed by atoms with Gasteiger partial charge in [-0.15, -0.1) is 0 Å². The van der Waals surface area contributed by atoms with E-state index in [0.717, 1.165) is 5.57 Å². The molecule has 0 amide bonds. The smallest absolute Gasteiger partial charge is 0.335 e. The second-order valence-electron chi connectivity index (χ2n) is 5.28. The fraction of sp³-hybridized carbons (Fsp3) is 0.400. The number of aromatic hydroxyl groups is 1. The molecule has 104 valence electrons. The summed E-state index contributed by atoms with van der Waals surface area (Å²) in [4.78, 5) is 10.8. The van der Waals surface area contributed by atoms with E-state index in [-0.39, 0.29) is 11.3 Å². The van der Waals surface area contributed by atoms with Gasteiger partial charge in [-0.25, -0.2) is 4.79 Å². The summed E-state index contributed by atoms with van der Waals surface area (Å²) < 4.78 is 0. The zero-order chi connectivity index (χ0) is 14.6. The Labute approximate surface area is 113 Å². The van der Waals surface area contributed by atoms with Crippen LogP contribution in [-0.2, 0) is 0 Å². The topological polar surface area (TPSA) is 77.8 Å². The van der Waals surface area contributed by atoms with E-state index in [9.17, 15) is 15.0 Å². The van der Waals surface area contributed by atoms with Crippen molar-refractivity contribution in [3.63, 3.8) is 0 Å². The number of carboxylic acids is 1. The van der Waals surface area contributed by atoms with Gasteiger partial charge < -0.3 is 15.3 Å². The van der Waals surface area contributed by atoms with Gasteiger partial charge in [0.1, 0.15) is 5.75 Å². The molecule has 0 aliphatic heterocycles. The second kappa shape index (κ2) is 5.89. The third-order valence-corrected chi connectivity index (χ3v) is 2.88. The number of benzene rings is 1. The molecule has 0 aliphatic rings. The number of aliphatic hydroxyl groups is 1. The molecule has 1 aromatic rings. The molecule has 0 heterocycles. The fourth-order valence-electron chi connectivity index (χ4n) is 1.75. The molecule has 0 radical (unpaired) electrons.